The summed E-state index contributed by atoms with van der Waals surface area (Å²) in [5.74, 6) is 0.783. The molecule has 4 nitrogen and oxygen atoms in total. The van der Waals surface area contributed by atoms with Gasteiger partial charge >= 0.3 is 5.63 Å². The fourth-order valence-corrected chi connectivity index (χ4v) is 4.32. The second-order valence-electron chi connectivity index (χ2n) is 7.88. The summed E-state index contributed by atoms with van der Waals surface area (Å²) in [7, 11) is 0. The summed E-state index contributed by atoms with van der Waals surface area (Å²) >= 11 is 5.98. The van der Waals surface area contributed by atoms with Gasteiger partial charge in [-0.2, -0.15) is 0 Å². The van der Waals surface area contributed by atoms with Crippen LogP contribution < -0.4 is 10.4 Å². The van der Waals surface area contributed by atoms with Gasteiger partial charge in [-0.25, -0.2) is 4.79 Å². The molecule has 0 unspecified atom stereocenters. The summed E-state index contributed by atoms with van der Waals surface area (Å²) in [6.07, 6.45) is 0.891. The van der Waals surface area contributed by atoms with Crippen LogP contribution in [-0.4, -0.2) is 18.2 Å². The Morgan fingerprint density at radius 3 is 2.55 bits per heavy atom. The minimum atomic E-state index is -0.317. The second-order valence-corrected chi connectivity index (χ2v) is 8.31. The molecule has 31 heavy (non-hydrogen) atoms. The highest BCUT2D eigenvalue weighted by Crippen LogP contribution is 2.35. The SMILES string of the molecule is Cc1c(-c2ccccc2)c(=O)oc2c3c(ccc12)OCN(CCc1ccc(Cl)cc1)C3. The van der Waals surface area contributed by atoms with Gasteiger partial charge < -0.3 is 9.15 Å². The van der Waals surface area contributed by atoms with Gasteiger partial charge in [0.05, 0.1) is 11.1 Å². The highest BCUT2D eigenvalue weighted by molar-refractivity contribution is 6.30. The zero-order chi connectivity index (χ0) is 21.4. The summed E-state index contributed by atoms with van der Waals surface area (Å²) in [5.41, 5.74) is 4.87. The normalized spacial score (nSPS) is 13.7. The van der Waals surface area contributed by atoms with Crippen molar-refractivity contribution in [3.8, 4) is 16.9 Å². The molecule has 0 saturated heterocycles. The topological polar surface area (TPSA) is 42.7 Å². The first-order valence-electron chi connectivity index (χ1n) is 10.3. The number of hydrogen-bond donors (Lipinski definition) is 0. The molecular formula is C26H22ClNO3. The monoisotopic (exact) mass is 431 g/mol. The molecule has 0 amide bonds. The molecule has 0 spiro atoms. The minimum Gasteiger partial charge on any atom is -0.478 e. The van der Waals surface area contributed by atoms with Gasteiger partial charge in [-0.15, -0.1) is 0 Å². The third kappa shape index (κ3) is 3.85. The Hall–Kier alpha value is -3.08. The molecule has 3 aromatic carbocycles. The van der Waals surface area contributed by atoms with Crippen molar-refractivity contribution in [3.63, 3.8) is 0 Å². The quantitative estimate of drug-likeness (QED) is 0.382. The summed E-state index contributed by atoms with van der Waals surface area (Å²) in [5, 5.41) is 1.69. The third-order valence-electron chi connectivity index (χ3n) is 5.87. The smallest absolute Gasteiger partial charge is 0.344 e. The van der Waals surface area contributed by atoms with Crippen molar-refractivity contribution in [3.05, 3.63) is 98.9 Å². The van der Waals surface area contributed by atoms with E-state index in [-0.39, 0.29) is 5.63 Å². The third-order valence-corrected chi connectivity index (χ3v) is 6.12. The van der Waals surface area contributed by atoms with Crippen LogP contribution in [0.5, 0.6) is 5.75 Å². The Balaban J connectivity index is 1.47. The number of rotatable bonds is 4. The number of aryl methyl sites for hydroxylation is 1. The Morgan fingerprint density at radius 1 is 1.00 bits per heavy atom. The van der Waals surface area contributed by atoms with Crippen LogP contribution in [0.1, 0.15) is 16.7 Å². The lowest BCUT2D eigenvalue weighted by molar-refractivity contribution is 0.0968. The summed E-state index contributed by atoms with van der Waals surface area (Å²) < 4.78 is 11.9. The van der Waals surface area contributed by atoms with Crippen molar-refractivity contribution in [2.24, 2.45) is 0 Å². The molecule has 1 aliphatic rings. The van der Waals surface area contributed by atoms with E-state index in [4.69, 9.17) is 20.8 Å². The zero-order valence-electron chi connectivity index (χ0n) is 17.2. The van der Waals surface area contributed by atoms with E-state index in [0.717, 1.165) is 45.8 Å². The molecule has 0 bridgehead atoms. The lowest BCUT2D eigenvalue weighted by Crippen LogP contribution is -2.33. The van der Waals surface area contributed by atoms with Crippen LogP contribution >= 0.6 is 11.6 Å². The van der Waals surface area contributed by atoms with Crippen molar-refractivity contribution in [2.45, 2.75) is 19.9 Å². The van der Waals surface area contributed by atoms with Crippen molar-refractivity contribution in [1.29, 1.82) is 0 Å². The largest absolute Gasteiger partial charge is 0.478 e. The fraction of sp³-hybridized carbons (Fsp3) is 0.192. The number of hydrogen-bond acceptors (Lipinski definition) is 4. The van der Waals surface area contributed by atoms with Crippen molar-refractivity contribution in [2.75, 3.05) is 13.3 Å². The number of halogens is 1. The van der Waals surface area contributed by atoms with Crippen LogP contribution in [0.25, 0.3) is 22.1 Å². The molecule has 5 rings (SSSR count). The van der Waals surface area contributed by atoms with E-state index >= 15 is 0 Å². The average Bonchev–Trinajstić information content (AvgIpc) is 2.79. The van der Waals surface area contributed by atoms with Gasteiger partial charge in [0.1, 0.15) is 18.1 Å². The molecular weight excluding hydrogens is 410 g/mol. The van der Waals surface area contributed by atoms with E-state index in [1.54, 1.807) is 0 Å². The van der Waals surface area contributed by atoms with Crippen LogP contribution in [0.15, 0.2) is 75.9 Å². The van der Waals surface area contributed by atoms with E-state index in [1.165, 1.54) is 5.56 Å². The highest BCUT2D eigenvalue weighted by Gasteiger charge is 2.23. The summed E-state index contributed by atoms with van der Waals surface area (Å²) in [6.45, 7) is 4.00. The maximum atomic E-state index is 12.9. The molecule has 4 aromatic rings. The first-order valence-corrected chi connectivity index (χ1v) is 10.7. The van der Waals surface area contributed by atoms with Gasteiger partial charge in [-0.3, -0.25) is 4.90 Å². The van der Waals surface area contributed by atoms with Crippen molar-refractivity contribution >= 4 is 22.6 Å². The molecule has 0 saturated carbocycles. The van der Waals surface area contributed by atoms with E-state index in [2.05, 4.69) is 4.90 Å². The zero-order valence-corrected chi connectivity index (χ0v) is 18.0. The number of nitrogens with zero attached hydrogens (tertiary/aromatic N) is 1. The van der Waals surface area contributed by atoms with E-state index < -0.39 is 0 Å². The van der Waals surface area contributed by atoms with E-state index in [0.29, 0.717) is 24.4 Å². The molecule has 2 heterocycles. The maximum absolute atomic E-state index is 12.9. The van der Waals surface area contributed by atoms with Crippen LogP contribution in [0.2, 0.25) is 5.02 Å². The predicted octanol–water partition coefficient (Wildman–Crippen LogP) is 5.82. The first kappa shape index (κ1) is 19.9. The summed E-state index contributed by atoms with van der Waals surface area (Å²) in [4.78, 5) is 15.1. The molecule has 0 aliphatic carbocycles. The summed E-state index contributed by atoms with van der Waals surface area (Å²) in [6, 6.07) is 21.5. The van der Waals surface area contributed by atoms with Gasteiger partial charge in [-0.1, -0.05) is 54.1 Å². The van der Waals surface area contributed by atoms with Gasteiger partial charge in [0.25, 0.3) is 0 Å². The van der Waals surface area contributed by atoms with E-state index in [1.807, 2.05) is 73.7 Å². The molecule has 5 heteroatoms. The fourth-order valence-electron chi connectivity index (χ4n) is 4.19. The van der Waals surface area contributed by atoms with Gasteiger partial charge in [0, 0.05) is 23.5 Å². The first-order chi connectivity index (χ1) is 15.1. The predicted molar refractivity (Wildman–Crippen MR) is 124 cm³/mol. The molecule has 0 fully saturated rings. The molecule has 1 aliphatic heterocycles. The second kappa shape index (κ2) is 8.22. The number of fused-ring (bicyclic) bond motifs is 3. The Morgan fingerprint density at radius 2 is 1.77 bits per heavy atom. The minimum absolute atomic E-state index is 0.317. The maximum Gasteiger partial charge on any atom is 0.344 e. The number of ether oxygens (including phenoxy) is 1. The van der Waals surface area contributed by atoms with E-state index in [9.17, 15) is 4.79 Å². The lowest BCUT2D eigenvalue weighted by Gasteiger charge is -2.29. The Kier molecular flexibility index (Phi) is 5.26. The molecule has 1 aromatic heterocycles. The van der Waals surface area contributed by atoms with Crippen molar-refractivity contribution in [1.82, 2.24) is 4.90 Å². The highest BCUT2D eigenvalue weighted by atomic mass is 35.5. The Bertz CT molecular complexity index is 1300. The lowest BCUT2D eigenvalue weighted by atomic mass is 9.97. The van der Waals surface area contributed by atoms with Gasteiger partial charge in [0.2, 0.25) is 0 Å². The van der Waals surface area contributed by atoms with Crippen molar-refractivity contribution < 1.29 is 9.15 Å². The van der Waals surface area contributed by atoms with Gasteiger partial charge in [-0.05, 0) is 54.3 Å². The van der Waals surface area contributed by atoms with Crippen LogP contribution in [0.4, 0.5) is 0 Å². The van der Waals surface area contributed by atoms with Crippen LogP contribution in [-0.2, 0) is 13.0 Å². The molecule has 0 atom stereocenters. The number of benzene rings is 3. The Labute approximate surface area is 185 Å². The molecule has 156 valence electrons. The van der Waals surface area contributed by atoms with Gasteiger partial charge in [0.15, 0.2) is 0 Å². The molecule has 0 radical (unpaired) electrons. The van der Waals surface area contributed by atoms with Crippen LogP contribution in [0.3, 0.4) is 0 Å². The average molecular weight is 432 g/mol. The molecule has 0 N–H and O–H groups in total. The van der Waals surface area contributed by atoms with Crippen LogP contribution in [0, 0.1) is 6.92 Å². The standard InChI is InChI=1S/C26H22ClNO3/c1-17-21-11-12-23-22(25(21)31-26(29)24(17)19-5-3-2-4-6-19)15-28(16-30-23)14-13-18-7-9-20(27)10-8-18/h2-12H,13-16H2,1H3.